The largest absolute Gasteiger partial charge is 0.490 e. The zero-order valence-corrected chi connectivity index (χ0v) is 17.5. The van der Waals surface area contributed by atoms with E-state index < -0.39 is 0 Å². The number of para-hydroxylation sites is 1. The molecule has 7 nitrogen and oxygen atoms in total. The average Bonchev–Trinajstić information content (AvgIpc) is 2.70. The van der Waals surface area contributed by atoms with Crippen molar-refractivity contribution in [3.63, 3.8) is 0 Å². The summed E-state index contributed by atoms with van der Waals surface area (Å²) in [6, 6.07) is 14.7. The van der Waals surface area contributed by atoms with E-state index in [1.807, 2.05) is 44.2 Å². The van der Waals surface area contributed by atoms with Crippen LogP contribution in [0.5, 0.6) is 11.5 Å². The SMILES string of the molecule is CCOc1ccc(NC(=O)CN(C)CC(=O)N(C)c2ccccc2)cc1OCC. The number of amides is 2. The van der Waals surface area contributed by atoms with Crippen molar-refractivity contribution in [2.45, 2.75) is 13.8 Å². The molecule has 0 saturated heterocycles. The van der Waals surface area contributed by atoms with Crippen LogP contribution in [0.15, 0.2) is 48.5 Å². The molecule has 0 aliphatic heterocycles. The Kier molecular flexibility index (Phi) is 8.48. The summed E-state index contributed by atoms with van der Waals surface area (Å²) in [5, 5.41) is 2.83. The second-order valence-corrected chi connectivity index (χ2v) is 6.54. The molecule has 0 atom stereocenters. The van der Waals surface area contributed by atoms with Crippen LogP contribution in [-0.4, -0.2) is 57.1 Å². The zero-order valence-electron chi connectivity index (χ0n) is 17.5. The Balaban J connectivity index is 1.91. The van der Waals surface area contributed by atoms with Gasteiger partial charge >= 0.3 is 0 Å². The maximum absolute atomic E-state index is 12.4. The lowest BCUT2D eigenvalue weighted by molar-refractivity contribution is -0.120. The van der Waals surface area contributed by atoms with Gasteiger partial charge in [-0.15, -0.1) is 0 Å². The number of anilines is 2. The molecule has 7 heteroatoms. The maximum Gasteiger partial charge on any atom is 0.240 e. The van der Waals surface area contributed by atoms with Crippen LogP contribution in [0.2, 0.25) is 0 Å². The Morgan fingerprint density at radius 2 is 1.55 bits per heavy atom. The molecule has 0 saturated carbocycles. The van der Waals surface area contributed by atoms with E-state index in [4.69, 9.17) is 9.47 Å². The van der Waals surface area contributed by atoms with Gasteiger partial charge in [0.05, 0.1) is 26.3 Å². The summed E-state index contributed by atoms with van der Waals surface area (Å²) >= 11 is 0. The van der Waals surface area contributed by atoms with Crippen LogP contribution < -0.4 is 19.7 Å². The van der Waals surface area contributed by atoms with Gasteiger partial charge < -0.3 is 19.7 Å². The zero-order chi connectivity index (χ0) is 21.2. The second kappa shape index (κ2) is 11.1. The molecule has 2 rings (SSSR count). The standard InChI is InChI=1S/C22H29N3O4/c1-5-28-19-13-12-17(14-20(19)29-6-2)23-21(26)15-24(3)16-22(27)25(4)18-10-8-7-9-11-18/h7-14H,5-6,15-16H2,1-4H3,(H,23,26). The van der Waals surface area contributed by atoms with E-state index in [1.165, 1.54) is 0 Å². The summed E-state index contributed by atoms with van der Waals surface area (Å²) in [6.45, 7) is 5.04. The van der Waals surface area contributed by atoms with E-state index >= 15 is 0 Å². The monoisotopic (exact) mass is 399 g/mol. The van der Waals surface area contributed by atoms with Crippen molar-refractivity contribution < 1.29 is 19.1 Å². The molecular weight excluding hydrogens is 370 g/mol. The molecule has 156 valence electrons. The maximum atomic E-state index is 12.4. The highest BCUT2D eigenvalue weighted by Gasteiger charge is 2.16. The summed E-state index contributed by atoms with van der Waals surface area (Å²) in [4.78, 5) is 28.1. The third-order valence-corrected chi connectivity index (χ3v) is 4.16. The molecule has 0 aromatic heterocycles. The topological polar surface area (TPSA) is 71.1 Å². The molecule has 2 amide bonds. The molecule has 0 spiro atoms. The van der Waals surface area contributed by atoms with Crippen molar-refractivity contribution in [1.29, 1.82) is 0 Å². The van der Waals surface area contributed by atoms with Crippen molar-refractivity contribution in [1.82, 2.24) is 4.90 Å². The third kappa shape index (κ3) is 6.80. The van der Waals surface area contributed by atoms with Crippen molar-refractivity contribution in [2.24, 2.45) is 0 Å². The van der Waals surface area contributed by atoms with Gasteiger partial charge in [-0.3, -0.25) is 14.5 Å². The summed E-state index contributed by atoms with van der Waals surface area (Å²) in [6.07, 6.45) is 0. The van der Waals surface area contributed by atoms with Crippen LogP contribution in [0.4, 0.5) is 11.4 Å². The Hall–Kier alpha value is -3.06. The van der Waals surface area contributed by atoms with E-state index in [9.17, 15) is 9.59 Å². The summed E-state index contributed by atoms with van der Waals surface area (Å²) < 4.78 is 11.1. The first-order valence-corrected chi connectivity index (χ1v) is 9.64. The first kappa shape index (κ1) is 22.2. The predicted octanol–water partition coefficient (Wildman–Crippen LogP) is 3.02. The predicted molar refractivity (Wildman–Crippen MR) is 115 cm³/mol. The molecule has 0 bridgehead atoms. The van der Waals surface area contributed by atoms with Crippen LogP contribution in [-0.2, 0) is 9.59 Å². The number of likely N-dealkylation sites (N-methyl/N-ethyl adjacent to an activating group) is 2. The Morgan fingerprint density at radius 3 is 2.21 bits per heavy atom. The minimum absolute atomic E-state index is 0.0888. The van der Waals surface area contributed by atoms with Gasteiger partial charge in [0.25, 0.3) is 0 Å². The highest BCUT2D eigenvalue weighted by molar-refractivity contribution is 5.95. The Labute approximate surface area is 172 Å². The molecule has 0 unspecified atom stereocenters. The summed E-state index contributed by atoms with van der Waals surface area (Å²) in [5.74, 6) is 0.916. The number of ether oxygens (including phenoxy) is 2. The summed E-state index contributed by atoms with van der Waals surface area (Å²) in [7, 11) is 3.46. The van der Waals surface area contributed by atoms with Crippen molar-refractivity contribution in [3.05, 3.63) is 48.5 Å². The number of carbonyl (C=O) groups excluding carboxylic acids is 2. The minimum atomic E-state index is -0.214. The fourth-order valence-corrected chi connectivity index (χ4v) is 2.76. The molecule has 0 aliphatic carbocycles. The number of rotatable bonds is 10. The van der Waals surface area contributed by atoms with E-state index in [-0.39, 0.29) is 24.9 Å². The smallest absolute Gasteiger partial charge is 0.240 e. The van der Waals surface area contributed by atoms with Gasteiger partial charge in [0.1, 0.15) is 0 Å². The molecule has 0 heterocycles. The number of hydrogen-bond donors (Lipinski definition) is 1. The minimum Gasteiger partial charge on any atom is -0.490 e. The molecule has 2 aromatic carbocycles. The number of benzene rings is 2. The second-order valence-electron chi connectivity index (χ2n) is 6.54. The number of nitrogens with one attached hydrogen (secondary N) is 1. The Bertz CT molecular complexity index is 811. The Morgan fingerprint density at radius 1 is 0.897 bits per heavy atom. The first-order chi connectivity index (χ1) is 13.9. The molecule has 29 heavy (non-hydrogen) atoms. The van der Waals surface area contributed by atoms with Gasteiger partial charge in [-0.25, -0.2) is 0 Å². The average molecular weight is 399 g/mol. The number of nitrogens with zero attached hydrogens (tertiary/aromatic N) is 2. The van der Waals surface area contributed by atoms with Gasteiger partial charge in [0.15, 0.2) is 11.5 Å². The molecule has 0 radical (unpaired) electrons. The van der Waals surface area contributed by atoms with Gasteiger partial charge in [0, 0.05) is 24.5 Å². The fourth-order valence-electron chi connectivity index (χ4n) is 2.76. The van der Waals surface area contributed by atoms with Gasteiger partial charge in [-0.1, -0.05) is 18.2 Å². The van der Waals surface area contributed by atoms with E-state index in [0.29, 0.717) is 30.4 Å². The van der Waals surface area contributed by atoms with Crippen molar-refractivity contribution in [3.8, 4) is 11.5 Å². The van der Waals surface area contributed by atoms with Gasteiger partial charge in [-0.2, -0.15) is 0 Å². The highest BCUT2D eigenvalue weighted by atomic mass is 16.5. The first-order valence-electron chi connectivity index (χ1n) is 9.64. The van der Waals surface area contributed by atoms with E-state index in [0.717, 1.165) is 5.69 Å². The molecule has 1 N–H and O–H groups in total. The van der Waals surface area contributed by atoms with Crippen LogP contribution in [0.25, 0.3) is 0 Å². The number of hydrogen-bond acceptors (Lipinski definition) is 5. The lowest BCUT2D eigenvalue weighted by Gasteiger charge is -2.21. The normalized spacial score (nSPS) is 10.5. The van der Waals surface area contributed by atoms with Gasteiger partial charge in [0.2, 0.25) is 11.8 Å². The lowest BCUT2D eigenvalue weighted by Crippen LogP contribution is -2.39. The fraction of sp³-hybridized carbons (Fsp3) is 0.364. The summed E-state index contributed by atoms with van der Waals surface area (Å²) in [5.41, 5.74) is 1.43. The molecule has 0 fully saturated rings. The van der Waals surface area contributed by atoms with Crippen molar-refractivity contribution in [2.75, 3.05) is 50.6 Å². The van der Waals surface area contributed by atoms with E-state index in [1.54, 1.807) is 42.1 Å². The third-order valence-electron chi connectivity index (χ3n) is 4.16. The van der Waals surface area contributed by atoms with Crippen LogP contribution in [0, 0.1) is 0 Å². The van der Waals surface area contributed by atoms with Gasteiger partial charge in [-0.05, 0) is 45.2 Å². The quantitative estimate of drug-likeness (QED) is 0.665. The lowest BCUT2D eigenvalue weighted by atomic mass is 10.2. The van der Waals surface area contributed by atoms with E-state index in [2.05, 4.69) is 5.32 Å². The number of carbonyl (C=O) groups is 2. The molecule has 2 aromatic rings. The highest BCUT2D eigenvalue weighted by Crippen LogP contribution is 2.30. The van der Waals surface area contributed by atoms with Crippen LogP contribution >= 0.6 is 0 Å². The molecular formula is C22H29N3O4. The van der Waals surface area contributed by atoms with Crippen molar-refractivity contribution >= 4 is 23.2 Å². The molecule has 0 aliphatic rings. The van der Waals surface area contributed by atoms with Crippen LogP contribution in [0.1, 0.15) is 13.8 Å². The van der Waals surface area contributed by atoms with Crippen LogP contribution in [0.3, 0.4) is 0 Å².